The third kappa shape index (κ3) is 4.87. The van der Waals surface area contributed by atoms with E-state index in [0.29, 0.717) is 0 Å². The molecular formula is C44H33N. The van der Waals surface area contributed by atoms with E-state index in [9.17, 15) is 0 Å². The molecule has 6 aromatic carbocycles. The highest BCUT2D eigenvalue weighted by molar-refractivity contribution is 5.84. The van der Waals surface area contributed by atoms with Crippen LogP contribution in [0.3, 0.4) is 0 Å². The number of hydrogen-bond acceptors (Lipinski definition) is 1. The van der Waals surface area contributed by atoms with Gasteiger partial charge in [-0.3, -0.25) is 0 Å². The summed E-state index contributed by atoms with van der Waals surface area (Å²) < 4.78 is 0. The minimum Gasteiger partial charge on any atom is -0.248 e. The first-order chi connectivity index (χ1) is 22.0. The Labute approximate surface area is 265 Å². The molecule has 0 bridgehead atoms. The van der Waals surface area contributed by atoms with Gasteiger partial charge in [-0.15, -0.1) is 0 Å². The summed E-state index contributed by atoms with van der Waals surface area (Å²) in [4.78, 5) is 5.11. The smallest absolute Gasteiger partial charge is 0.0715 e. The van der Waals surface area contributed by atoms with Crippen molar-refractivity contribution in [3.8, 4) is 67.0 Å². The summed E-state index contributed by atoms with van der Waals surface area (Å²) in [5.41, 5.74) is 16.9. The highest BCUT2D eigenvalue weighted by Crippen LogP contribution is 2.49. The molecule has 1 heteroatoms. The summed E-state index contributed by atoms with van der Waals surface area (Å²) in [5, 5.41) is 0. The van der Waals surface area contributed by atoms with Gasteiger partial charge in [-0.25, -0.2) is 4.98 Å². The van der Waals surface area contributed by atoms with Gasteiger partial charge in [0.05, 0.1) is 11.4 Å². The number of rotatable bonds is 5. The minimum atomic E-state index is -0.0123. The van der Waals surface area contributed by atoms with Gasteiger partial charge in [-0.1, -0.05) is 153 Å². The van der Waals surface area contributed by atoms with Crippen LogP contribution >= 0.6 is 0 Å². The summed E-state index contributed by atoms with van der Waals surface area (Å²) in [5.74, 6) is 0. The van der Waals surface area contributed by atoms with E-state index in [1.54, 1.807) is 0 Å². The summed E-state index contributed by atoms with van der Waals surface area (Å²) in [6.45, 7) is 4.68. The Morgan fingerprint density at radius 1 is 0.333 bits per heavy atom. The van der Waals surface area contributed by atoms with E-state index in [2.05, 4.69) is 172 Å². The highest BCUT2D eigenvalue weighted by atomic mass is 14.7. The monoisotopic (exact) mass is 575 g/mol. The zero-order valence-corrected chi connectivity index (χ0v) is 25.5. The van der Waals surface area contributed by atoms with E-state index in [1.165, 1.54) is 50.1 Å². The summed E-state index contributed by atoms with van der Waals surface area (Å²) in [7, 11) is 0. The topological polar surface area (TPSA) is 12.9 Å². The fraction of sp³-hybridized carbons (Fsp3) is 0.0682. The van der Waals surface area contributed by atoms with Gasteiger partial charge in [-0.2, -0.15) is 0 Å². The van der Waals surface area contributed by atoms with Crippen LogP contribution in [0.25, 0.3) is 67.0 Å². The molecule has 0 aliphatic heterocycles. The van der Waals surface area contributed by atoms with Crippen LogP contribution in [-0.2, 0) is 5.41 Å². The predicted molar refractivity (Wildman–Crippen MR) is 189 cm³/mol. The average Bonchev–Trinajstić information content (AvgIpc) is 3.34. The van der Waals surface area contributed by atoms with Gasteiger partial charge in [-0.05, 0) is 79.9 Å². The van der Waals surface area contributed by atoms with E-state index >= 15 is 0 Å². The molecule has 8 rings (SSSR count). The van der Waals surface area contributed by atoms with Crippen molar-refractivity contribution in [2.45, 2.75) is 19.3 Å². The van der Waals surface area contributed by atoms with Crippen molar-refractivity contribution in [1.82, 2.24) is 4.98 Å². The molecule has 0 amide bonds. The van der Waals surface area contributed by atoms with Crippen LogP contribution in [0.2, 0.25) is 0 Å². The average molecular weight is 576 g/mol. The Kier molecular flexibility index (Phi) is 6.54. The zero-order valence-electron chi connectivity index (χ0n) is 25.5. The molecule has 0 fully saturated rings. The Morgan fingerprint density at radius 3 is 1.51 bits per heavy atom. The van der Waals surface area contributed by atoms with Crippen molar-refractivity contribution in [1.29, 1.82) is 0 Å². The number of benzene rings is 6. The third-order valence-corrected chi connectivity index (χ3v) is 9.30. The second-order valence-electron chi connectivity index (χ2n) is 12.4. The maximum Gasteiger partial charge on any atom is 0.0715 e. The summed E-state index contributed by atoms with van der Waals surface area (Å²) >= 11 is 0. The molecule has 0 radical (unpaired) electrons. The summed E-state index contributed by atoms with van der Waals surface area (Å²) in [6.07, 6.45) is 0. The minimum absolute atomic E-state index is 0.0123. The number of nitrogens with zero attached hydrogens (tertiary/aromatic N) is 1. The molecule has 214 valence electrons. The van der Waals surface area contributed by atoms with Gasteiger partial charge in [0.25, 0.3) is 0 Å². The number of hydrogen-bond donors (Lipinski definition) is 0. The highest BCUT2D eigenvalue weighted by Gasteiger charge is 2.35. The molecule has 1 aromatic heterocycles. The quantitative estimate of drug-likeness (QED) is 0.199. The first-order valence-corrected chi connectivity index (χ1v) is 15.6. The lowest BCUT2D eigenvalue weighted by atomic mass is 9.81. The molecular weight excluding hydrogens is 542 g/mol. The van der Waals surface area contributed by atoms with E-state index in [4.69, 9.17) is 4.98 Å². The second-order valence-corrected chi connectivity index (χ2v) is 12.4. The van der Waals surface area contributed by atoms with Crippen molar-refractivity contribution >= 4 is 0 Å². The van der Waals surface area contributed by atoms with Crippen LogP contribution in [0.5, 0.6) is 0 Å². The van der Waals surface area contributed by atoms with Crippen LogP contribution in [0.4, 0.5) is 0 Å². The van der Waals surface area contributed by atoms with Crippen molar-refractivity contribution in [2.75, 3.05) is 0 Å². The largest absolute Gasteiger partial charge is 0.248 e. The second kappa shape index (κ2) is 10.9. The Morgan fingerprint density at radius 2 is 0.800 bits per heavy atom. The Bertz CT molecular complexity index is 2100. The van der Waals surface area contributed by atoms with E-state index in [-0.39, 0.29) is 5.41 Å². The number of pyridine rings is 1. The molecule has 0 unspecified atom stereocenters. The molecule has 7 aromatic rings. The first kappa shape index (κ1) is 27.0. The van der Waals surface area contributed by atoms with Crippen LogP contribution in [0.15, 0.2) is 164 Å². The van der Waals surface area contributed by atoms with Crippen LogP contribution in [-0.4, -0.2) is 4.98 Å². The van der Waals surface area contributed by atoms with Gasteiger partial charge in [0, 0.05) is 16.5 Å². The molecule has 1 aliphatic rings. The summed E-state index contributed by atoms with van der Waals surface area (Å²) in [6, 6.07) is 58.9. The fourth-order valence-corrected chi connectivity index (χ4v) is 6.83. The fourth-order valence-electron chi connectivity index (χ4n) is 6.83. The van der Waals surface area contributed by atoms with Gasteiger partial charge in [0.2, 0.25) is 0 Å². The lowest BCUT2D eigenvalue weighted by Crippen LogP contribution is -2.14. The maximum absolute atomic E-state index is 5.11. The van der Waals surface area contributed by atoms with Crippen LogP contribution in [0, 0.1) is 0 Å². The van der Waals surface area contributed by atoms with E-state index in [0.717, 1.165) is 28.1 Å². The molecule has 0 saturated heterocycles. The van der Waals surface area contributed by atoms with Gasteiger partial charge < -0.3 is 0 Å². The standard InChI is InChI=1S/C44H33N/c1-44(2)40-19-10-9-18-38(40)39-25-24-36(27-41(39)44)35-17-11-16-34(26-35)31-20-22-33(23-21-31)43-29-37(30-12-5-3-6-13-30)28-42(45-43)32-14-7-4-8-15-32/h3-29H,1-2H3. The Hall–Kier alpha value is -5.53. The number of aromatic nitrogens is 1. The number of fused-ring (bicyclic) bond motifs is 3. The molecule has 1 nitrogen and oxygen atoms in total. The molecule has 0 atom stereocenters. The van der Waals surface area contributed by atoms with Crippen LogP contribution < -0.4 is 0 Å². The Balaban J connectivity index is 1.13. The third-order valence-electron chi connectivity index (χ3n) is 9.30. The van der Waals surface area contributed by atoms with Crippen molar-refractivity contribution in [3.63, 3.8) is 0 Å². The van der Waals surface area contributed by atoms with Crippen LogP contribution in [0.1, 0.15) is 25.0 Å². The molecule has 1 heterocycles. The van der Waals surface area contributed by atoms with Gasteiger partial charge in [0.15, 0.2) is 0 Å². The maximum atomic E-state index is 5.11. The lowest BCUT2D eigenvalue weighted by Gasteiger charge is -2.22. The normalized spacial score (nSPS) is 12.8. The van der Waals surface area contributed by atoms with Gasteiger partial charge >= 0.3 is 0 Å². The van der Waals surface area contributed by atoms with E-state index < -0.39 is 0 Å². The first-order valence-electron chi connectivity index (χ1n) is 15.6. The van der Waals surface area contributed by atoms with Crippen molar-refractivity contribution in [3.05, 3.63) is 175 Å². The molecule has 0 N–H and O–H groups in total. The molecule has 0 spiro atoms. The molecule has 1 aliphatic carbocycles. The SMILES string of the molecule is CC1(C)c2ccccc2-c2ccc(-c3cccc(-c4ccc(-c5cc(-c6ccccc6)cc(-c6ccccc6)n5)cc4)c3)cc21. The van der Waals surface area contributed by atoms with Gasteiger partial charge in [0.1, 0.15) is 0 Å². The molecule has 0 saturated carbocycles. The molecule has 45 heavy (non-hydrogen) atoms. The van der Waals surface area contributed by atoms with Crippen molar-refractivity contribution < 1.29 is 0 Å². The predicted octanol–water partition coefficient (Wildman–Crippen LogP) is 11.7. The van der Waals surface area contributed by atoms with Crippen molar-refractivity contribution in [2.24, 2.45) is 0 Å². The lowest BCUT2D eigenvalue weighted by molar-refractivity contribution is 0.660. The van der Waals surface area contributed by atoms with E-state index in [1.807, 2.05) is 6.07 Å². The zero-order chi connectivity index (χ0) is 30.4.